The summed E-state index contributed by atoms with van der Waals surface area (Å²) in [6, 6.07) is 8.65. The minimum atomic E-state index is -0.298. The Balaban J connectivity index is 2.17. The molecule has 0 saturated carbocycles. The molecule has 0 atom stereocenters. The zero-order valence-corrected chi connectivity index (χ0v) is 9.80. The Hall–Kier alpha value is -1.55. The van der Waals surface area contributed by atoms with E-state index < -0.39 is 0 Å². The second-order valence-corrected chi connectivity index (χ2v) is 4.71. The highest BCUT2D eigenvalue weighted by Crippen LogP contribution is 2.21. The number of hydrogen-bond donors (Lipinski definition) is 1. The van der Waals surface area contributed by atoms with Crippen LogP contribution < -0.4 is 10.6 Å². The Kier molecular flexibility index (Phi) is 3.10. The third kappa shape index (κ3) is 2.52. The highest BCUT2D eigenvalue weighted by atomic mass is 32.1. The molecule has 0 unspecified atom stereocenters. The van der Waals surface area contributed by atoms with E-state index in [9.17, 15) is 4.39 Å². The summed E-state index contributed by atoms with van der Waals surface area (Å²) in [6.45, 7) is 0.764. The molecule has 0 aliphatic heterocycles. The fraction of sp³-hybridized carbons (Fsp3) is 0.167. The minimum absolute atomic E-state index is 0.298. The fourth-order valence-corrected chi connectivity index (χ4v) is 2.30. The zero-order valence-electron chi connectivity index (χ0n) is 8.98. The number of thiophene rings is 1. The fourth-order valence-electron chi connectivity index (χ4n) is 1.54. The van der Waals surface area contributed by atoms with Gasteiger partial charge in [0.15, 0.2) is 0 Å². The summed E-state index contributed by atoms with van der Waals surface area (Å²) in [5.74, 6) is -0.298. The van der Waals surface area contributed by atoms with Crippen molar-refractivity contribution in [1.82, 2.24) is 0 Å². The minimum Gasteiger partial charge on any atom is -0.399 e. The van der Waals surface area contributed by atoms with Crippen molar-refractivity contribution in [3.05, 3.63) is 46.4 Å². The zero-order chi connectivity index (χ0) is 11.5. The van der Waals surface area contributed by atoms with Crippen molar-refractivity contribution < 1.29 is 4.39 Å². The average Bonchev–Trinajstić information content (AvgIpc) is 2.68. The van der Waals surface area contributed by atoms with E-state index in [1.165, 1.54) is 17.0 Å². The quantitative estimate of drug-likeness (QED) is 0.830. The molecule has 2 aromatic rings. The highest BCUT2D eigenvalue weighted by Gasteiger charge is 2.05. The molecular formula is C12H13FN2S. The summed E-state index contributed by atoms with van der Waals surface area (Å²) in [4.78, 5) is 3.22. The molecule has 16 heavy (non-hydrogen) atoms. The van der Waals surface area contributed by atoms with Gasteiger partial charge in [0.25, 0.3) is 0 Å². The van der Waals surface area contributed by atoms with Gasteiger partial charge in [-0.05, 0) is 29.6 Å². The van der Waals surface area contributed by atoms with Gasteiger partial charge in [0.1, 0.15) is 5.82 Å². The lowest BCUT2D eigenvalue weighted by molar-refractivity contribution is 0.628. The van der Waals surface area contributed by atoms with Crippen LogP contribution in [-0.2, 0) is 6.54 Å². The number of nitrogens with two attached hydrogens (primary N) is 1. The van der Waals surface area contributed by atoms with E-state index in [0.29, 0.717) is 5.69 Å². The second-order valence-electron chi connectivity index (χ2n) is 3.68. The first-order valence-electron chi connectivity index (χ1n) is 4.95. The smallest absolute Gasteiger partial charge is 0.127 e. The SMILES string of the molecule is CN(Cc1cccs1)c1cc(N)cc(F)c1. The molecule has 84 valence electrons. The lowest BCUT2D eigenvalue weighted by Gasteiger charge is -2.18. The summed E-state index contributed by atoms with van der Waals surface area (Å²) >= 11 is 1.69. The van der Waals surface area contributed by atoms with E-state index in [-0.39, 0.29) is 5.82 Å². The summed E-state index contributed by atoms with van der Waals surface area (Å²) in [6.07, 6.45) is 0. The van der Waals surface area contributed by atoms with Gasteiger partial charge < -0.3 is 10.6 Å². The predicted molar refractivity (Wildman–Crippen MR) is 67.2 cm³/mol. The van der Waals surface area contributed by atoms with Gasteiger partial charge in [-0.2, -0.15) is 0 Å². The van der Waals surface area contributed by atoms with E-state index in [4.69, 9.17) is 5.73 Å². The van der Waals surface area contributed by atoms with E-state index in [1.54, 1.807) is 17.4 Å². The first-order chi connectivity index (χ1) is 7.65. The van der Waals surface area contributed by atoms with Crippen molar-refractivity contribution in [3.63, 3.8) is 0 Å². The third-order valence-electron chi connectivity index (χ3n) is 2.32. The molecule has 0 amide bonds. The topological polar surface area (TPSA) is 29.3 Å². The Morgan fingerprint density at radius 1 is 1.38 bits per heavy atom. The number of anilines is 2. The Morgan fingerprint density at radius 3 is 2.81 bits per heavy atom. The predicted octanol–water partition coefficient (Wildman–Crippen LogP) is 3.11. The summed E-state index contributed by atoms with van der Waals surface area (Å²) in [5.41, 5.74) is 6.86. The van der Waals surface area contributed by atoms with Crippen LogP contribution in [0.15, 0.2) is 35.7 Å². The van der Waals surface area contributed by atoms with Crippen LogP contribution in [0.3, 0.4) is 0 Å². The number of nitrogens with zero attached hydrogens (tertiary/aromatic N) is 1. The van der Waals surface area contributed by atoms with E-state index >= 15 is 0 Å². The van der Waals surface area contributed by atoms with Gasteiger partial charge in [-0.3, -0.25) is 0 Å². The Bertz CT molecular complexity index is 448. The van der Waals surface area contributed by atoms with Gasteiger partial charge in [0.2, 0.25) is 0 Å². The lowest BCUT2D eigenvalue weighted by Crippen LogP contribution is -2.15. The largest absolute Gasteiger partial charge is 0.399 e. The monoisotopic (exact) mass is 236 g/mol. The van der Waals surface area contributed by atoms with E-state index in [1.807, 2.05) is 23.4 Å². The molecular weight excluding hydrogens is 223 g/mol. The molecule has 2 rings (SSSR count). The molecule has 2 nitrogen and oxygen atoms in total. The van der Waals surface area contributed by atoms with Crippen molar-refractivity contribution in [3.8, 4) is 0 Å². The number of halogens is 1. The first kappa shape index (κ1) is 11.0. The van der Waals surface area contributed by atoms with Crippen molar-refractivity contribution in [1.29, 1.82) is 0 Å². The standard InChI is InChI=1S/C12H13FN2S/c1-15(8-12-3-2-4-16-12)11-6-9(13)5-10(14)7-11/h2-7H,8,14H2,1H3. The molecule has 0 aliphatic rings. The summed E-state index contributed by atoms with van der Waals surface area (Å²) in [5, 5.41) is 2.03. The van der Waals surface area contributed by atoms with Gasteiger partial charge in [-0.15, -0.1) is 11.3 Å². The van der Waals surface area contributed by atoms with Crippen molar-refractivity contribution in [2.75, 3.05) is 17.7 Å². The molecule has 4 heteroatoms. The average molecular weight is 236 g/mol. The number of hydrogen-bond acceptors (Lipinski definition) is 3. The molecule has 2 N–H and O–H groups in total. The van der Waals surface area contributed by atoms with Gasteiger partial charge in [-0.1, -0.05) is 6.07 Å². The van der Waals surface area contributed by atoms with Crippen LogP contribution in [-0.4, -0.2) is 7.05 Å². The van der Waals surface area contributed by atoms with Crippen LogP contribution in [0.4, 0.5) is 15.8 Å². The van der Waals surface area contributed by atoms with E-state index in [0.717, 1.165) is 12.2 Å². The maximum atomic E-state index is 13.2. The van der Waals surface area contributed by atoms with Crippen LogP contribution in [0.5, 0.6) is 0 Å². The van der Waals surface area contributed by atoms with Gasteiger partial charge in [0, 0.05) is 23.3 Å². The van der Waals surface area contributed by atoms with Crippen LogP contribution >= 0.6 is 11.3 Å². The van der Waals surface area contributed by atoms with Gasteiger partial charge >= 0.3 is 0 Å². The number of benzene rings is 1. The Morgan fingerprint density at radius 2 is 2.19 bits per heavy atom. The third-order valence-corrected chi connectivity index (χ3v) is 3.18. The number of rotatable bonds is 3. The molecule has 1 aromatic carbocycles. The summed E-state index contributed by atoms with van der Waals surface area (Å²) in [7, 11) is 1.92. The molecule has 1 heterocycles. The van der Waals surface area contributed by atoms with Gasteiger partial charge in [-0.25, -0.2) is 4.39 Å². The molecule has 0 bridgehead atoms. The molecule has 0 spiro atoms. The van der Waals surface area contributed by atoms with Crippen LogP contribution in [0.2, 0.25) is 0 Å². The maximum Gasteiger partial charge on any atom is 0.127 e. The van der Waals surface area contributed by atoms with E-state index in [2.05, 4.69) is 6.07 Å². The second kappa shape index (κ2) is 4.53. The lowest BCUT2D eigenvalue weighted by atomic mass is 10.2. The van der Waals surface area contributed by atoms with Crippen molar-refractivity contribution >= 4 is 22.7 Å². The normalized spacial score (nSPS) is 10.4. The molecule has 0 aliphatic carbocycles. The maximum absolute atomic E-state index is 13.2. The van der Waals surface area contributed by atoms with Crippen molar-refractivity contribution in [2.45, 2.75) is 6.54 Å². The van der Waals surface area contributed by atoms with Crippen LogP contribution in [0.25, 0.3) is 0 Å². The summed E-state index contributed by atoms with van der Waals surface area (Å²) < 4.78 is 13.2. The molecule has 1 aromatic heterocycles. The molecule has 0 radical (unpaired) electrons. The molecule has 0 saturated heterocycles. The molecule has 0 fully saturated rings. The first-order valence-corrected chi connectivity index (χ1v) is 5.83. The highest BCUT2D eigenvalue weighted by molar-refractivity contribution is 7.09. The van der Waals surface area contributed by atoms with Crippen LogP contribution in [0.1, 0.15) is 4.88 Å². The van der Waals surface area contributed by atoms with Crippen molar-refractivity contribution in [2.24, 2.45) is 0 Å². The van der Waals surface area contributed by atoms with Crippen LogP contribution in [0, 0.1) is 5.82 Å². The van der Waals surface area contributed by atoms with Gasteiger partial charge in [0.05, 0.1) is 6.54 Å². The Labute approximate surface area is 98.1 Å². The number of nitrogen functional groups attached to an aromatic ring is 1.